The second-order valence-electron chi connectivity index (χ2n) is 2.81. The molecule has 0 spiro atoms. The molecule has 1 aromatic carbocycles. The Morgan fingerprint density at radius 2 is 1.67 bits per heavy atom. The third-order valence-corrected chi connectivity index (χ3v) is 2.81. The molecule has 0 fully saturated rings. The second-order valence-corrected chi connectivity index (χ2v) is 3.98. The minimum atomic E-state index is 0.224. The Bertz CT molecular complexity index is 500. The van der Waals surface area contributed by atoms with Gasteiger partial charge in [0.2, 0.25) is 0 Å². The summed E-state index contributed by atoms with van der Waals surface area (Å²) in [7, 11) is 0. The van der Waals surface area contributed by atoms with Crippen molar-refractivity contribution in [2.24, 2.45) is 0 Å². The first kappa shape index (κ1) is 10.7. The summed E-state index contributed by atoms with van der Waals surface area (Å²) in [5.41, 5.74) is 0.734. The van der Waals surface area contributed by atoms with Crippen molar-refractivity contribution in [3.05, 3.63) is 45.7 Å². The van der Waals surface area contributed by atoms with E-state index in [9.17, 15) is 0 Å². The van der Waals surface area contributed by atoms with E-state index < -0.39 is 0 Å². The standard InChI is InChI=1S/C10H5Cl3N2/c11-7-4-2-1-3-6(7)10-14-5-8(12)9(13)15-10/h1-5H. The molecule has 2 rings (SSSR count). The Morgan fingerprint density at radius 3 is 2.33 bits per heavy atom. The fourth-order valence-electron chi connectivity index (χ4n) is 1.12. The highest BCUT2D eigenvalue weighted by molar-refractivity contribution is 6.41. The van der Waals surface area contributed by atoms with E-state index in [2.05, 4.69) is 9.97 Å². The van der Waals surface area contributed by atoms with E-state index in [1.54, 1.807) is 6.07 Å². The van der Waals surface area contributed by atoms with Crippen LogP contribution in [0.5, 0.6) is 0 Å². The molecule has 0 aliphatic rings. The van der Waals surface area contributed by atoms with E-state index in [1.807, 2.05) is 18.2 Å². The summed E-state index contributed by atoms with van der Waals surface area (Å²) in [5.74, 6) is 0.468. The van der Waals surface area contributed by atoms with Gasteiger partial charge in [0, 0.05) is 5.56 Å². The van der Waals surface area contributed by atoms with Gasteiger partial charge in [-0.15, -0.1) is 0 Å². The first-order chi connectivity index (χ1) is 7.18. The van der Waals surface area contributed by atoms with Crippen LogP contribution in [0.15, 0.2) is 30.5 Å². The van der Waals surface area contributed by atoms with Crippen molar-refractivity contribution in [3.8, 4) is 11.4 Å². The molecule has 0 amide bonds. The van der Waals surface area contributed by atoms with Crippen LogP contribution in [0.25, 0.3) is 11.4 Å². The number of benzene rings is 1. The molecule has 0 radical (unpaired) electrons. The van der Waals surface area contributed by atoms with E-state index in [0.29, 0.717) is 15.9 Å². The minimum absolute atomic E-state index is 0.224. The third-order valence-electron chi connectivity index (χ3n) is 1.82. The Balaban J connectivity index is 2.55. The van der Waals surface area contributed by atoms with Gasteiger partial charge in [-0.05, 0) is 12.1 Å². The summed E-state index contributed by atoms with van der Waals surface area (Å²) >= 11 is 17.5. The predicted octanol–water partition coefficient (Wildman–Crippen LogP) is 4.10. The van der Waals surface area contributed by atoms with Crippen molar-refractivity contribution >= 4 is 34.8 Å². The number of halogens is 3. The summed E-state index contributed by atoms with van der Waals surface area (Å²) in [6.45, 7) is 0. The minimum Gasteiger partial charge on any atom is -0.235 e. The summed E-state index contributed by atoms with van der Waals surface area (Å²) in [4.78, 5) is 8.10. The van der Waals surface area contributed by atoms with E-state index in [0.717, 1.165) is 5.56 Å². The highest BCUT2D eigenvalue weighted by atomic mass is 35.5. The zero-order valence-corrected chi connectivity index (χ0v) is 9.68. The van der Waals surface area contributed by atoms with E-state index in [1.165, 1.54) is 6.20 Å². The lowest BCUT2D eigenvalue weighted by Gasteiger charge is -2.02. The lowest BCUT2D eigenvalue weighted by Crippen LogP contribution is -1.90. The Labute approximate surface area is 102 Å². The fraction of sp³-hybridized carbons (Fsp3) is 0. The van der Waals surface area contributed by atoms with Crippen LogP contribution < -0.4 is 0 Å². The van der Waals surface area contributed by atoms with E-state index >= 15 is 0 Å². The van der Waals surface area contributed by atoms with Crippen molar-refractivity contribution in [1.29, 1.82) is 0 Å². The van der Waals surface area contributed by atoms with Gasteiger partial charge in [0.1, 0.15) is 0 Å². The second kappa shape index (κ2) is 4.35. The normalized spacial score (nSPS) is 10.3. The molecule has 0 aliphatic carbocycles. The topological polar surface area (TPSA) is 25.8 Å². The number of aromatic nitrogens is 2. The van der Waals surface area contributed by atoms with Gasteiger partial charge < -0.3 is 0 Å². The highest BCUT2D eigenvalue weighted by Gasteiger charge is 2.07. The van der Waals surface area contributed by atoms with Crippen molar-refractivity contribution < 1.29 is 0 Å². The quantitative estimate of drug-likeness (QED) is 0.721. The number of nitrogens with zero attached hydrogens (tertiary/aromatic N) is 2. The van der Waals surface area contributed by atoms with Crippen LogP contribution in [0.1, 0.15) is 0 Å². The van der Waals surface area contributed by atoms with Crippen molar-refractivity contribution in [3.63, 3.8) is 0 Å². The van der Waals surface area contributed by atoms with Crippen molar-refractivity contribution in [1.82, 2.24) is 9.97 Å². The van der Waals surface area contributed by atoms with Crippen LogP contribution in [0.3, 0.4) is 0 Å². The number of hydrogen-bond donors (Lipinski definition) is 0. The van der Waals surface area contributed by atoms with Crippen LogP contribution in [0.4, 0.5) is 0 Å². The van der Waals surface area contributed by atoms with Crippen molar-refractivity contribution in [2.75, 3.05) is 0 Å². The molecule has 1 heterocycles. The zero-order chi connectivity index (χ0) is 10.8. The zero-order valence-electron chi connectivity index (χ0n) is 7.42. The number of rotatable bonds is 1. The Kier molecular flexibility index (Phi) is 3.10. The molecule has 15 heavy (non-hydrogen) atoms. The Hall–Kier alpha value is -0.830. The molecule has 5 heteroatoms. The van der Waals surface area contributed by atoms with Crippen LogP contribution >= 0.6 is 34.8 Å². The summed E-state index contributed by atoms with van der Waals surface area (Å²) in [6, 6.07) is 7.28. The molecule has 2 aromatic rings. The molecular formula is C10H5Cl3N2. The average molecular weight is 260 g/mol. The molecule has 76 valence electrons. The predicted molar refractivity (Wildman–Crippen MR) is 62.5 cm³/mol. The van der Waals surface area contributed by atoms with Gasteiger partial charge in [-0.2, -0.15) is 0 Å². The van der Waals surface area contributed by atoms with Crippen LogP contribution in [0, 0.1) is 0 Å². The largest absolute Gasteiger partial charge is 0.235 e. The summed E-state index contributed by atoms with van der Waals surface area (Å²) in [6.07, 6.45) is 1.45. The van der Waals surface area contributed by atoms with Crippen LogP contribution in [-0.2, 0) is 0 Å². The van der Waals surface area contributed by atoms with Gasteiger partial charge in [0.15, 0.2) is 11.0 Å². The van der Waals surface area contributed by atoms with Gasteiger partial charge in [-0.3, -0.25) is 0 Å². The maximum atomic E-state index is 5.99. The van der Waals surface area contributed by atoms with Crippen LogP contribution in [0.2, 0.25) is 15.2 Å². The average Bonchev–Trinajstić information content (AvgIpc) is 2.23. The molecular weight excluding hydrogens is 254 g/mol. The molecule has 1 aromatic heterocycles. The van der Waals surface area contributed by atoms with Gasteiger partial charge in [-0.25, -0.2) is 9.97 Å². The SMILES string of the molecule is Clc1ccccc1-c1ncc(Cl)c(Cl)n1. The molecule has 2 nitrogen and oxygen atoms in total. The molecule has 0 N–H and O–H groups in total. The molecule has 0 aliphatic heterocycles. The summed E-state index contributed by atoms with van der Waals surface area (Å²) < 4.78 is 0. The highest BCUT2D eigenvalue weighted by Crippen LogP contribution is 2.27. The maximum absolute atomic E-state index is 5.99. The fourth-order valence-corrected chi connectivity index (χ4v) is 1.56. The van der Waals surface area contributed by atoms with Gasteiger partial charge in [0.25, 0.3) is 0 Å². The maximum Gasteiger partial charge on any atom is 0.162 e. The molecule has 0 unspecified atom stereocenters. The molecule has 0 atom stereocenters. The van der Waals surface area contributed by atoms with E-state index in [-0.39, 0.29) is 5.15 Å². The smallest absolute Gasteiger partial charge is 0.162 e. The monoisotopic (exact) mass is 258 g/mol. The van der Waals surface area contributed by atoms with Gasteiger partial charge >= 0.3 is 0 Å². The van der Waals surface area contributed by atoms with E-state index in [4.69, 9.17) is 34.8 Å². The lowest BCUT2D eigenvalue weighted by molar-refractivity contribution is 1.18. The first-order valence-corrected chi connectivity index (χ1v) is 5.25. The molecule has 0 saturated carbocycles. The van der Waals surface area contributed by atoms with Gasteiger partial charge in [0.05, 0.1) is 16.2 Å². The number of hydrogen-bond acceptors (Lipinski definition) is 2. The molecule has 0 saturated heterocycles. The first-order valence-electron chi connectivity index (χ1n) is 4.11. The van der Waals surface area contributed by atoms with Crippen molar-refractivity contribution in [2.45, 2.75) is 0 Å². The lowest BCUT2D eigenvalue weighted by atomic mass is 10.2. The summed E-state index contributed by atoms with van der Waals surface area (Å²) in [5, 5.41) is 1.13. The molecule has 0 bridgehead atoms. The Morgan fingerprint density at radius 1 is 0.933 bits per heavy atom. The van der Waals surface area contributed by atoms with Crippen LogP contribution in [-0.4, -0.2) is 9.97 Å². The van der Waals surface area contributed by atoms with Gasteiger partial charge in [-0.1, -0.05) is 46.9 Å². The third kappa shape index (κ3) is 2.23.